The van der Waals surface area contributed by atoms with Crippen LogP contribution in [0.25, 0.3) is 0 Å². The Labute approximate surface area is 184 Å². The molecule has 1 aromatic heterocycles. The van der Waals surface area contributed by atoms with Gasteiger partial charge < -0.3 is 10.1 Å². The molecule has 160 valence electrons. The summed E-state index contributed by atoms with van der Waals surface area (Å²) in [6, 6.07) is 10.2. The van der Waals surface area contributed by atoms with Crippen LogP contribution in [-0.4, -0.2) is 12.5 Å². The summed E-state index contributed by atoms with van der Waals surface area (Å²) in [6.45, 7) is 13.2. The lowest BCUT2D eigenvalue weighted by Gasteiger charge is -2.33. The highest BCUT2D eigenvalue weighted by atomic mass is 32.1. The summed E-state index contributed by atoms with van der Waals surface area (Å²) in [6.07, 6.45) is 2.97. The van der Waals surface area contributed by atoms with Crippen LogP contribution in [0.3, 0.4) is 0 Å². The molecule has 0 aliphatic heterocycles. The van der Waals surface area contributed by atoms with Gasteiger partial charge in [0.1, 0.15) is 16.8 Å². The molecule has 0 saturated heterocycles. The molecule has 0 unspecified atom stereocenters. The monoisotopic (exact) mass is 424 g/mol. The van der Waals surface area contributed by atoms with Gasteiger partial charge >= 0.3 is 0 Å². The van der Waals surface area contributed by atoms with Crippen molar-refractivity contribution in [1.29, 1.82) is 5.26 Å². The van der Waals surface area contributed by atoms with Crippen molar-refractivity contribution >= 4 is 22.2 Å². The Morgan fingerprint density at radius 1 is 1.20 bits per heavy atom. The molecule has 5 heteroatoms. The second kappa shape index (κ2) is 8.43. The molecule has 0 fully saturated rings. The maximum absolute atomic E-state index is 12.5. The van der Waals surface area contributed by atoms with E-state index in [1.807, 2.05) is 24.3 Å². The van der Waals surface area contributed by atoms with Crippen LogP contribution in [0.4, 0.5) is 5.00 Å². The van der Waals surface area contributed by atoms with Crippen molar-refractivity contribution in [3.8, 4) is 11.8 Å². The second-order valence-electron chi connectivity index (χ2n) is 10.2. The molecule has 0 saturated carbocycles. The number of benzene rings is 1. The van der Waals surface area contributed by atoms with Crippen LogP contribution in [-0.2, 0) is 23.1 Å². The number of thiophene rings is 1. The third-order valence-corrected chi connectivity index (χ3v) is 7.11. The zero-order chi connectivity index (χ0) is 22.1. The fraction of sp³-hybridized carbons (Fsp3) is 0.520. The van der Waals surface area contributed by atoms with Gasteiger partial charge in [0.15, 0.2) is 6.61 Å². The predicted molar refractivity (Wildman–Crippen MR) is 123 cm³/mol. The van der Waals surface area contributed by atoms with Gasteiger partial charge in [0.05, 0.1) is 5.56 Å². The molecule has 1 aromatic carbocycles. The van der Waals surface area contributed by atoms with E-state index in [1.54, 1.807) is 11.3 Å². The number of ether oxygens (including phenoxy) is 1. The van der Waals surface area contributed by atoms with E-state index in [0.29, 0.717) is 22.2 Å². The van der Waals surface area contributed by atoms with Crippen LogP contribution in [0.1, 0.15) is 69.5 Å². The van der Waals surface area contributed by atoms with Crippen LogP contribution in [0, 0.1) is 22.7 Å². The molecular formula is C25H32N2O2S. The smallest absolute Gasteiger partial charge is 0.262 e. The van der Waals surface area contributed by atoms with Gasteiger partial charge in [0, 0.05) is 4.88 Å². The van der Waals surface area contributed by atoms with Gasteiger partial charge in [0.2, 0.25) is 0 Å². The third kappa shape index (κ3) is 5.05. The number of amides is 1. The quantitative estimate of drug-likeness (QED) is 0.646. The number of fused-ring (bicyclic) bond motifs is 1. The van der Waals surface area contributed by atoms with Crippen LogP contribution in [0.2, 0.25) is 0 Å². The van der Waals surface area contributed by atoms with E-state index in [9.17, 15) is 10.1 Å². The number of carbonyl (C=O) groups excluding carboxylic acids is 1. The summed E-state index contributed by atoms with van der Waals surface area (Å²) in [4.78, 5) is 13.7. The van der Waals surface area contributed by atoms with Crippen molar-refractivity contribution in [1.82, 2.24) is 0 Å². The first-order valence-corrected chi connectivity index (χ1v) is 11.4. The van der Waals surface area contributed by atoms with Gasteiger partial charge in [-0.05, 0) is 59.3 Å². The number of hydrogen-bond acceptors (Lipinski definition) is 4. The van der Waals surface area contributed by atoms with Gasteiger partial charge in [-0.2, -0.15) is 5.26 Å². The van der Waals surface area contributed by atoms with Crippen molar-refractivity contribution in [3.63, 3.8) is 0 Å². The lowest BCUT2D eigenvalue weighted by molar-refractivity contribution is -0.118. The Morgan fingerprint density at radius 2 is 1.87 bits per heavy atom. The lowest BCUT2D eigenvalue weighted by Crippen LogP contribution is -2.26. The number of carbonyl (C=O) groups is 1. The summed E-state index contributed by atoms with van der Waals surface area (Å²) < 4.78 is 5.65. The highest BCUT2D eigenvalue weighted by Gasteiger charge is 2.32. The van der Waals surface area contributed by atoms with E-state index in [1.165, 1.54) is 10.4 Å². The zero-order valence-electron chi connectivity index (χ0n) is 18.9. The molecule has 1 atom stereocenters. The first kappa shape index (κ1) is 22.4. The number of hydrogen-bond donors (Lipinski definition) is 1. The number of nitriles is 1. The Morgan fingerprint density at radius 3 is 2.43 bits per heavy atom. The number of nitrogens with zero attached hydrogens (tertiary/aromatic N) is 1. The summed E-state index contributed by atoms with van der Waals surface area (Å²) in [7, 11) is 0. The van der Waals surface area contributed by atoms with E-state index in [0.717, 1.165) is 24.8 Å². The molecule has 2 aromatic rings. The fourth-order valence-corrected chi connectivity index (χ4v) is 5.19. The van der Waals surface area contributed by atoms with E-state index >= 15 is 0 Å². The van der Waals surface area contributed by atoms with Crippen LogP contribution < -0.4 is 10.1 Å². The topological polar surface area (TPSA) is 62.1 Å². The molecule has 1 heterocycles. The summed E-state index contributed by atoms with van der Waals surface area (Å²) >= 11 is 1.55. The maximum Gasteiger partial charge on any atom is 0.262 e. The molecule has 0 bridgehead atoms. The van der Waals surface area contributed by atoms with Gasteiger partial charge in [-0.3, -0.25) is 4.79 Å². The van der Waals surface area contributed by atoms with E-state index in [-0.39, 0.29) is 23.3 Å². The average molecular weight is 425 g/mol. The first-order chi connectivity index (χ1) is 14.0. The maximum atomic E-state index is 12.5. The molecule has 1 N–H and O–H groups in total. The average Bonchev–Trinajstić information content (AvgIpc) is 3.01. The highest BCUT2D eigenvalue weighted by molar-refractivity contribution is 7.16. The Hall–Kier alpha value is -2.32. The standard InChI is InChI=1S/C25H32N2O2S/c1-24(2,3)16-7-10-18(11-8-16)29-15-22(28)27-23-20(14-26)19-12-9-17(25(4,5)6)13-21(19)30-23/h7-8,10-11,17H,9,12-13,15H2,1-6H3,(H,27,28)/t17-/m0/s1. The van der Waals surface area contributed by atoms with Gasteiger partial charge in [0.25, 0.3) is 5.91 Å². The Bertz CT molecular complexity index is 953. The Balaban J connectivity index is 1.65. The molecule has 30 heavy (non-hydrogen) atoms. The minimum Gasteiger partial charge on any atom is -0.484 e. The molecule has 0 spiro atoms. The number of rotatable bonds is 4. The normalized spacial score (nSPS) is 16.5. The number of nitrogens with one attached hydrogen (secondary N) is 1. The molecule has 1 amide bonds. The second-order valence-corrected chi connectivity index (χ2v) is 11.3. The predicted octanol–water partition coefficient (Wildman–Crippen LogP) is 6.09. The highest BCUT2D eigenvalue weighted by Crippen LogP contribution is 2.44. The summed E-state index contributed by atoms with van der Waals surface area (Å²) in [5.41, 5.74) is 3.29. The van der Waals surface area contributed by atoms with Crippen LogP contribution in [0.15, 0.2) is 24.3 Å². The van der Waals surface area contributed by atoms with Gasteiger partial charge in [-0.25, -0.2) is 0 Å². The lowest BCUT2D eigenvalue weighted by atomic mass is 9.72. The summed E-state index contributed by atoms with van der Waals surface area (Å²) in [5, 5.41) is 13.2. The minimum absolute atomic E-state index is 0.0765. The van der Waals surface area contributed by atoms with Gasteiger partial charge in [-0.1, -0.05) is 53.7 Å². The first-order valence-electron chi connectivity index (χ1n) is 10.6. The van der Waals surface area contributed by atoms with Crippen molar-refractivity contribution < 1.29 is 9.53 Å². The van der Waals surface area contributed by atoms with Gasteiger partial charge in [-0.15, -0.1) is 11.3 Å². The third-order valence-electron chi connectivity index (χ3n) is 5.95. The SMILES string of the molecule is CC(C)(C)c1ccc(OCC(=O)Nc2sc3c(c2C#N)CC[C@H](C(C)(C)C)C3)cc1. The zero-order valence-corrected chi connectivity index (χ0v) is 19.7. The van der Waals surface area contributed by atoms with Crippen molar-refractivity contribution in [2.75, 3.05) is 11.9 Å². The molecule has 0 radical (unpaired) electrons. The minimum atomic E-state index is -0.239. The van der Waals surface area contributed by atoms with Crippen molar-refractivity contribution in [3.05, 3.63) is 45.8 Å². The molecule has 3 rings (SSSR count). The van der Waals surface area contributed by atoms with Crippen molar-refractivity contribution in [2.45, 2.75) is 66.2 Å². The largest absolute Gasteiger partial charge is 0.484 e. The molecular weight excluding hydrogens is 392 g/mol. The molecule has 4 nitrogen and oxygen atoms in total. The Kier molecular flexibility index (Phi) is 6.29. The molecule has 1 aliphatic rings. The fourth-order valence-electron chi connectivity index (χ4n) is 3.89. The van der Waals surface area contributed by atoms with Crippen LogP contribution >= 0.6 is 11.3 Å². The summed E-state index contributed by atoms with van der Waals surface area (Å²) in [5.74, 6) is 1.02. The van der Waals surface area contributed by atoms with Crippen LogP contribution in [0.5, 0.6) is 5.75 Å². The van der Waals surface area contributed by atoms with E-state index in [4.69, 9.17) is 4.74 Å². The van der Waals surface area contributed by atoms with E-state index in [2.05, 4.69) is 52.9 Å². The number of anilines is 1. The molecule has 1 aliphatic carbocycles. The van der Waals surface area contributed by atoms with Crippen molar-refractivity contribution in [2.24, 2.45) is 11.3 Å². The van der Waals surface area contributed by atoms with E-state index < -0.39 is 0 Å².